The lowest BCUT2D eigenvalue weighted by Gasteiger charge is -2.18. The van der Waals surface area contributed by atoms with Crippen molar-refractivity contribution in [3.05, 3.63) is 59.7 Å². The molecule has 2 amide bonds. The Morgan fingerprint density at radius 2 is 1.38 bits per heavy atom. The van der Waals surface area contributed by atoms with Crippen molar-refractivity contribution in [3.8, 4) is 0 Å². The predicted molar refractivity (Wildman–Crippen MR) is 59.0 cm³/mol. The van der Waals surface area contributed by atoms with Crippen molar-refractivity contribution in [3.63, 3.8) is 0 Å². The van der Waals surface area contributed by atoms with Gasteiger partial charge in [-0.3, -0.25) is 14.5 Å². The number of amides is 2. The van der Waals surface area contributed by atoms with Gasteiger partial charge >= 0.3 is 0 Å². The summed E-state index contributed by atoms with van der Waals surface area (Å²) in [5.41, 5.74) is 1.00. The van der Waals surface area contributed by atoms with E-state index in [1.807, 2.05) is 24.3 Å². The van der Waals surface area contributed by atoms with Gasteiger partial charge in [0.05, 0.1) is 17.2 Å². The first-order valence-electron chi connectivity index (χ1n) is 5.11. The summed E-state index contributed by atoms with van der Waals surface area (Å²) in [6.45, 7) is 0. The zero-order valence-electron chi connectivity index (χ0n) is 8.46. The third kappa shape index (κ3) is 1.08. The molecular weight excluding hydrogens is 202 g/mol. The smallest absolute Gasteiger partial charge is 0.262 e. The summed E-state index contributed by atoms with van der Waals surface area (Å²) in [5.74, 6) is -0.413. The maximum Gasteiger partial charge on any atom is 0.262 e. The van der Waals surface area contributed by atoms with E-state index in [0.717, 1.165) is 0 Å². The molecule has 2 aliphatic rings. The molecule has 1 aliphatic carbocycles. The third-order valence-corrected chi connectivity index (χ3v) is 2.85. The first kappa shape index (κ1) is 9.09. The Bertz CT molecular complexity index is 496. The molecule has 16 heavy (non-hydrogen) atoms. The lowest BCUT2D eigenvalue weighted by atomic mass is 10.1. The lowest BCUT2D eigenvalue weighted by Crippen LogP contribution is -2.36. The van der Waals surface area contributed by atoms with Crippen molar-refractivity contribution < 1.29 is 9.59 Å². The minimum Gasteiger partial charge on any atom is -0.269 e. The van der Waals surface area contributed by atoms with Gasteiger partial charge in [0.25, 0.3) is 11.8 Å². The van der Waals surface area contributed by atoms with Crippen LogP contribution in [0.1, 0.15) is 20.7 Å². The van der Waals surface area contributed by atoms with Crippen molar-refractivity contribution in [2.75, 3.05) is 0 Å². The average Bonchev–Trinajstić information content (AvgIpc) is 2.89. The van der Waals surface area contributed by atoms with Gasteiger partial charge in [0, 0.05) is 0 Å². The fourth-order valence-corrected chi connectivity index (χ4v) is 2.07. The zero-order chi connectivity index (χ0) is 11.1. The van der Waals surface area contributed by atoms with E-state index in [2.05, 4.69) is 0 Å². The number of carbonyl (C=O) groups excluding carboxylic acids is 2. The Hall–Kier alpha value is -2.16. The molecule has 0 unspecified atom stereocenters. The van der Waals surface area contributed by atoms with E-state index in [9.17, 15) is 9.59 Å². The summed E-state index contributed by atoms with van der Waals surface area (Å²) in [7, 11) is 0. The number of rotatable bonds is 1. The van der Waals surface area contributed by atoms with Crippen LogP contribution in [0.2, 0.25) is 0 Å². The first-order chi connectivity index (χ1) is 7.79. The van der Waals surface area contributed by atoms with Crippen LogP contribution < -0.4 is 0 Å². The van der Waals surface area contributed by atoms with Crippen molar-refractivity contribution in [2.45, 2.75) is 6.04 Å². The number of allylic oxidation sites excluding steroid dienone is 2. The number of hydrogen-bond acceptors (Lipinski definition) is 2. The maximum absolute atomic E-state index is 12.0. The van der Waals surface area contributed by atoms with Crippen LogP contribution in [-0.2, 0) is 0 Å². The molecule has 0 N–H and O–H groups in total. The van der Waals surface area contributed by atoms with E-state index in [4.69, 9.17) is 0 Å². The van der Waals surface area contributed by atoms with Gasteiger partial charge in [0.15, 0.2) is 0 Å². The van der Waals surface area contributed by atoms with Gasteiger partial charge in [0.2, 0.25) is 0 Å². The van der Waals surface area contributed by atoms with Crippen LogP contribution >= 0.6 is 0 Å². The van der Waals surface area contributed by atoms with Crippen molar-refractivity contribution in [1.82, 2.24) is 4.90 Å². The van der Waals surface area contributed by atoms with Crippen molar-refractivity contribution in [1.29, 1.82) is 0 Å². The highest BCUT2D eigenvalue weighted by atomic mass is 16.2. The molecule has 1 aromatic rings. The number of nitrogens with zero attached hydrogens (tertiary/aromatic N) is 1. The highest BCUT2D eigenvalue weighted by Gasteiger charge is 2.38. The van der Waals surface area contributed by atoms with Gasteiger partial charge in [0.1, 0.15) is 0 Å². The molecule has 0 saturated carbocycles. The van der Waals surface area contributed by atoms with Gasteiger partial charge in [-0.05, 0) is 12.1 Å². The number of imide groups is 1. The molecule has 0 aromatic heterocycles. The molecule has 0 spiro atoms. The summed E-state index contributed by atoms with van der Waals surface area (Å²) < 4.78 is 0. The quantitative estimate of drug-likeness (QED) is 0.664. The second kappa shape index (κ2) is 3.17. The Balaban J connectivity index is 2.08. The second-order valence-corrected chi connectivity index (χ2v) is 3.79. The fourth-order valence-electron chi connectivity index (χ4n) is 2.07. The Morgan fingerprint density at radius 1 is 0.875 bits per heavy atom. The van der Waals surface area contributed by atoms with Crippen LogP contribution in [0.5, 0.6) is 0 Å². The molecule has 0 fully saturated rings. The largest absolute Gasteiger partial charge is 0.269 e. The van der Waals surface area contributed by atoms with E-state index in [0.29, 0.717) is 11.1 Å². The number of benzene rings is 1. The molecule has 78 valence electrons. The topological polar surface area (TPSA) is 37.4 Å². The molecule has 1 heterocycles. The number of carbonyl (C=O) groups is 2. The van der Waals surface area contributed by atoms with Crippen LogP contribution in [0.4, 0.5) is 0 Å². The summed E-state index contributed by atoms with van der Waals surface area (Å²) in [5, 5.41) is 0. The number of hydrogen-bond donors (Lipinski definition) is 0. The Labute approximate surface area is 92.7 Å². The molecular formula is C13H9NO2. The Morgan fingerprint density at radius 3 is 1.88 bits per heavy atom. The highest BCUT2D eigenvalue weighted by molar-refractivity contribution is 6.21. The fraction of sp³-hybridized carbons (Fsp3) is 0.0769. The number of fused-ring (bicyclic) bond motifs is 1. The molecule has 1 aromatic carbocycles. The van der Waals surface area contributed by atoms with Gasteiger partial charge in [-0.2, -0.15) is 0 Å². The van der Waals surface area contributed by atoms with Crippen LogP contribution in [-0.4, -0.2) is 22.8 Å². The van der Waals surface area contributed by atoms with E-state index in [1.165, 1.54) is 4.90 Å². The van der Waals surface area contributed by atoms with Gasteiger partial charge in [-0.1, -0.05) is 36.4 Å². The SMILES string of the molecule is O=C1c2ccccc2C(=O)N1C1C=CC=C1. The minimum atomic E-state index is -0.229. The Kier molecular flexibility index (Phi) is 1.80. The van der Waals surface area contributed by atoms with E-state index < -0.39 is 0 Å². The molecule has 0 atom stereocenters. The van der Waals surface area contributed by atoms with E-state index >= 15 is 0 Å². The molecule has 0 bridgehead atoms. The monoisotopic (exact) mass is 211 g/mol. The van der Waals surface area contributed by atoms with Gasteiger partial charge in [-0.25, -0.2) is 0 Å². The van der Waals surface area contributed by atoms with Gasteiger partial charge < -0.3 is 0 Å². The summed E-state index contributed by atoms with van der Waals surface area (Å²) in [6, 6.07) is 6.70. The minimum absolute atomic E-state index is 0.207. The normalized spacial score (nSPS) is 18.6. The molecule has 1 aliphatic heterocycles. The predicted octanol–water partition coefficient (Wildman–Crippen LogP) is 1.78. The van der Waals surface area contributed by atoms with Crippen LogP contribution in [0.15, 0.2) is 48.6 Å². The molecule has 3 rings (SSSR count). The third-order valence-electron chi connectivity index (χ3n) is 2.85. The molecule has 0 saturated heterocycles. The van der Waals surface area contributed by atoms with Crippen LogP contribution in [0, 0.1) is 0 Å². The highest BCUT2D eigenvalue weighted by Crippen LogP contribution is 2.26. The maximum atomic E-state index is 12.0. The molecule has 3 heteroatoms. The van der Waals surface area contributed by atoms with Crippen LogP contribution in [0.25, 0.3) is 0 Å². The summed E-state index contributed by atoms with van der Waals surface area (Å²) in [4.78, 5) is 25.4. The summed E-state index contributed by atoms with van der Waals surface area (Å²) >= 11 is 0. The zero-order valence-corrected chi connectivity index (χ0v) is 8.46. The lowest BCUT2D eigenvalue weighted by molar-refractivity contribution is 0.0640. The molecule has 3 nitrogen and oxygen atoms in total. The van der Waals surface area contributed by atoms with E-state index in [1.54, 1.807) is 24.3 Å². The average molecular weight is 211 g/mol. The first-order valence-corrected chi connectivity index (χ1v) is 5.11. The summed E-state index contributed by atoms with van der Waals surface area (Å²) in [6.07, 6.45) is 7.35. The van der Waals surface area contributed by atoms with Gasteiger partial charge in [-0.15, -0.1) is 0 Å². The van der Waals surface area contributed by atoms with Crippen LogP contribution in [0.3, 0.4) is 0 Å². The van der Waals surface area contributed by atoms with Crippen molar-refractivity contribution in [2.24, 2.45) is 0 Å². The molecule has 0 radical (unpaired) electrons. The standard InChI is InChI=1S/C13H9NO2/c15-12-10-7-3-4-8-11(10)13(16)14(12)9-5-1-2-6-9/h1-9H. The second-order valence-electron chi connectivity index (χ2n) is 3.79. The van der Waals surface area contributed by atoms with E-state index in [-0.39, 0.29) is 17.9 Å². The van der Waals surface area contributed by atoms with Crippen molar-refractivity contribution >= 4 is 11.8 Å².